The molecule has 284 valence electrons. The van der Waals surface area contributed by atoms with Crippen molar-refractivity contribution in [2.45, 2.75) is 250 Å². The molecule has 2 nitrogen and oxygen atoms in total. The van der Waals surface area contributed by atoms with Crippen molar-refractivity contribution >= 4 is 0 Å². The Kier molecular flexibility index (Phi) is 38.3. The Hall–Kier alpha value is -0.290. The molecule has 0 aromatic carbocycles. The molecule has 0 rings (SSSR count). The molecule has 0 aromatic heterocycles. The van der Waals surface area contributed by atoms with Crippen LogP contribution in [0.4, 0.5) is 13.2 Å². The third kappa shape index (κ3) is 38.4. The topological polar surface area (TPSA) is 52.0 Å². The first kappa shape index (κ1) is 46.7. The van der Waals surface area contributed by atoms with Gasteiger partial charge in [0.25, 0.3) is 0 Å². The van der Waals surface area contributed by atoms with Gasteiger partial charge in [-0.2, -0.15) is 13.2 Å². The van der Waals surface area contributed by atoms with Gasteiger partial charge < -0.3 is 11.5 Å². The Labute approximate surface area is 293 Å². The van der Waals surface area contributed by atoms with Gasteiger partial charge >= 0.3 is 6.18 Å². The molecule has 0 heterocycles. The van der Waals surface area contributed by atoms with Crippen LogP contribution in [0.5, 0.6) is 0 Å². The van der Waals surface area contributed by atoms with Crippen LogP contribution in [-0.4, -0.2) is 19.3 Å². The van der Waals surface area contributed by atoms with Crippen molar-refractivity contribution in [1.29, 1.82) is 0 Å². The number of rotatable bonds is 40. The Balaban J connectivity index is 3.45. The van der Waals surface area contributed by atoms with E-state index in [1.165, 1.54) is 193 Å². The van der Waals surface area contributed by atoms with E-state index in [0.29, 0.717) is 12.8 Å². The van der Waals surface area contributed by atoms with E-state index in [4.69, 9.17) is 11.5 Å². The molecule has 47 heavy (non-hydrogen) atoms. The second kappa shape index (κ2) is 38.5. The third-order valence-corrected chi connectivity index (χ3v) is 10.5. The van der Waals surface area contributed by atoms with Crippen molar-refractivity contribution in [3.63, 3.8) is 0 Å². The molecule has 0 aliphatic rings. The van der Waals surface area contributed by atoms with E-state index in [1.54, 1.807) is 0 Å². The SMILES string of the molecule is NCCCCCCCCCCCCCCCCCCCCC(CCCCCCCCCCCCCCCCCCCCN)C(F)(F)F. The van der Waals surface area contributed by atoms with Crippen molar-refractivity contribution < 1.29 is 13.2 Å². The van der Waals surface area contributed by atoms with Gasteiger partial charge in [0, 0.05) is 0 Å². The Morgan fingerprint density at radius 3 is 0.553 bits per heavy atom. The summed E-state index contributed by atoms with van der Waals surface area (Å²) in [5.41, 5.74) is 11.1. The maximum absolute atomic E-state index is 13.6. The van der Waals surface area contributed by atoms with Crippen LogP contribution in [0, 0.1) is 5.92 Å². The number of hydrogen-bond acceptors (Lipinski definition) is 2. The number of alkyl halides is 3. The Morgan fingerprint density at radius 1 is 0.255 bits per heavy atom. The van der Waals surface area contributed by atoms with Gasteiger partial charge in [-0.1, -0.05) is 218 Å². The van der Waals surface area contributed by atoms with Crippen LogP contribution in [0.15, 0.2) is 0 Å². The molecule has 0 atom stereocenters. The molecule has 0 aliphatic carbocycles. The van der Waals surface area contributed by atoms with Crippen molar-refractivity contribution in [3.05, 3.63) is 0 Å². The van der Waals surface area contributed by atoms with Gasteiger partial charge in [0.05, 0.1) is 5.92 Å². The average molecular weight is 675 g/mol. The predicted molar refractivity (Wildman–Crippen MR) is 203 cm³/mol. The first-order valence-electron chi connectivity index (χ1n) is 21.5. The molecular formula is C42H85F3N2. The number of hydrogen-bond donors (Lipinski definition) is 2. The summed E-state index contributed by atoms with van der Waals surface area (Å²) in [4.78, 5) is 0. The smallest absolute Gasteiger partial charge is 0.330 e. The van der Waals surface area contributed by atoms with Crippen LogP contribution in [0.25, 0.3) is 0 Å². The molecule has 0 aliphatic heterocycles. The molecule has 0 radical (unpaired) electrons. The van der Waals surface area contributed by atoms with Gasteiger partial charge in [-0.25, -0.2) is 0 Å². The zero-order valence-corrected chi connectivity index (χ0v) is 31.7. The maximum atomic E-state index is 13.6. The zero-order valence-electron chi connectivity index (χ0n) is 31.7. The number of unbranched alkanes of at least 4 members (excludes halogenated alkanes) is 34. The summed E-state index contributed by atoms with van der Waals surface area (Å²) in [5, 5.41) is 0. The highest BCUT2D eigenvalue weighted by atomic mass is 19.4. The van der Waals surface area contributed by atoms with Crippen molar-refractivity contribution in [2.75, 3.05) is 13.1 Å². The van der Waals surface area contributed by atoms with E-state index in [0.717, 1.165) is 51.6 Å². The van der Waals surface area contributed by atoms with Crippen molar-refractivity contribution in [2.24, 2.45) is 17.4 Å². The van der Waals surface area contributed by atoms with E-state index in [2.05, 4.69) is 0 Å². The highest BCUT2D eigenvalue weighted by Crippen LogP contribution is 2.34. The second-order valence-corrected chi connectivity index (χ2v) is 15.1. The van der Waals surface area contributed by atoms with Gasteiger partial charge in [0.15, 0.2) is 0 Å². The summed E-state index contributed by atoms with van der Waals surface area (Å²) in [7, 11) is 0. The molecule has 0 unspecified atom stereocenters. The highest BCUT2D eigenvalue weighted by molar-refractivity contribution is 4.68. The first-order valence-corrected chi connectivity index (χ1v) is 21.5. The third-order valence-electron chi connectivity index (χ3n) is 10.5. The lowest BCUT2D eigenvalue weighted by Crippen LogP contribution is -2.22. The van der Waals surface area contributed by atoms with E-state index in [9.17, 15) is 13.2 Å². The number of halogens is 3. The van der Waals surface area contributed by atoms with Crippen LogP contribution in [0.1, 0.15) is 244 Å². The molecule has 0 saturated heterocycles. The molecule has 4 N–H and O–H groups in total. The minimum Gasteiger partial charge on any atom is -0.330 e. The van der Waals surface area contributed by atoms with E-state index in [1.807, 2.05) is 0 Å². The molecular weight excluding hydrogens is 589 g/mol. The zero-order chi connectivity index (χ0) is 34.4. The first-order chi connectivity index (χ1) is 23.0. The molecule has 5 heteroatoms. The van der Waals surface area contributed by atoms with Crippen LogP contribution in [0.2, 0.25) is 0 Å². The molecule has 0 amide bonds. The summed E-state index contributed by atoms with van der Waals surface area (Å²) >= 11 is 0. The van der Waals surface area contributed by atoms with Crippen LogP contribution in [0.3, 0.4) is 0 Å². The largest absolute Gasteiger partial charge is 0.391 e. The van der Waals surface area contributed by atoms with E-state index < -0.39 is 12.1 Å². The van der Waals surface area contributed by atoms with Crippen LogP contribution in [-0.2, 0) is 0 Å². The fraction of sp³-hybridized carbons (Fsp3) is 1.00. The van der Waals surface area contributed by atoms with Gasteiger partial charge in [0.2, 0.25) is 0 Å². The Morgan fingerprint density at radius 2 is 0.404 bits per heavy atom. The van der Waals surface area contributed by atoms with Gasteiger partial charge in [-0.15, -0.1) is 0 Å². The maximum Gasteiger partial charge on any atom is 0.391 e. The lowest BCUT2D eigenvalue weighted by molar-refractivity contribution is -0.178. The average Bonchev–Trinajstić information content (AvgIpc) is 3.05. The summed E-state index contributed by atoms with van der Waals surface area (Å²) in [6, 6.07) is 0. The molecule has 0 spiro atoms. The fourth-order valence-electron chi connectivity index (χ4n) is 7.20. The monoisotopic (exact) mass is 675 g/mol. The number of nitrogens with two attached hydrogens (primary N) is 2. The normalized spacial score (nSPS) is 12.1. The second-order valence-electron chi connectivity index (χ2n) is 15.1. The minimum atomic E-state index is -4.02. The van der Waals surface area contributed by atoms with E-state index >= 15 is 0 Å². The molecule has 0 bridgehead atoms. The van der Waals surface area contributed by atoms with E-state index in [-0.39, 0.29) is 0 Å². The summed E-state index contributed by atoms with van der Waals surface area (Å²) < 4.78 is 40.7. The van der Waals surface area contributed by atoms with Crippen LogP contribution < -0.4 is 11.5 Å². The van der Waals surface area contributed by atoms with Gasteiger partial charge in [-0.3, -0.25) is 0 Å². The molecule has 0 aromatic rings. The quantitative estimate of drug-likeness (QED) is 0.0636. The standard InChI is InChI=1S/C42H85F3N2/c43-42(44,45)41(37-33-29-25-21-17-13-9-5-1-3-7-11-15-19-23-27-31-35-39-46)38-34-30-26-22-18-14-10-6-2-4-8-12-16-20-24-28-32-36-40-47/h41H,1-40,46-47H2. The summed E-state index contributed by atoms with van der Waals surface area (Å²) in [6.07, 6.45) is 42.2. The molecule has 0 fully saturated rings. The van der Waals surface area contributed by atoms with Gasteiger partial charge in [-0.05, 0) is 38.8 Å². The summed E-state index contributed by atoms with van der Waals surface area (Å²) in [5.74, 6) is -1.08. The lowest BCUT2D eigenvalue weighted by atomic mass is 9.93. The minimum absolute atomic E-state index is 0.340. The molecule has 0 saturated carbocycles. The Bertz CT molecular complexity index is 527. The predicted octanol–water partition coefficient (Wildman–Crippen LogP) is 14.9. The van der Waals surface area contributed by atoms with Crippen molar-refractivity contribution in [1.82, 2.24) is 0 Å². The lowest BCUT2D eigenvalue weighted by Gasteiger charge is -2.20. The van der Waals surface area contributed by atoms with Gasteiger partial charge in [0.1, 0.15) is 0 Å². The fourth-order valence-corrected chi connectivity index (χ4v) is 7.20. The summed E-state index contributed by atoms with van der Waals surface area (Å²) in [6.45, 7) is 1.68. The highest BCUT2D eigenvalue weighted by Gasteiger charge is 2.38. The van der Waals surface area contributed by atoms with Crippen LogP contribution >= 0.6 is 0 Å². The van der Waals surface area contributed by atoms with Crippen molar-refractivity contribution in [3.8, 4) is 0 Å².